The van der Waals surface area contributed by atoms with Crippen molar-refractivity contribution in [3.8, 4) is 0 Å². The number of Topliss-reactive ketones (excluding diaryl/α,β-unsaturated/α-hetero) is 1. The van der Waals surface area contributed by atoms with E-state index in [1.165, 1.54) is 19.1 Å². The number of furan rings is 1. The Balaban J connectivity index is 2.49. The summed E-state index contributed by atoms with van der Waals surface area (Å²) in [6.45, 7) is 0.222. The van der Waals surface area contributed by atoms with Crippen molar-refractivity contribution in [3.05, 3.63) is 23.7 Å². The summed E-state index contributed by atoms with van der Waals surface area (Å²) in [5, 5.41) is 17.0. The maximum atomic E-state index is 11.3. The number of carbonyl (C=O) groups excluding carboxylic acids is 2. The number of rotatable bonds is 7. The lowest BCUT2D eigenvalue weighted by atomic mass is 10.2. The lowest BCUT2D eigenvalue weighted by Gasteiger charge is -2.08. The van der Waals surface area contributed by atoms with Gasteiger partial charge in [0.15, 0.2) is 0 Å². The zero-order chi connectivity index (χ0) is 14.4. The van der Waals surface area contributed by atoms with E-state index in [4.69, 9.17) is 14.6 Å². The van der Waals surface area contributed by atoms with Gasteiger partial charge in [0, 0.05) is 0 Å². The molecule has 0 saturated carbocycles. The number of aromatic carboxylic acids is 1. The van der Waals surface area contributed by atoms with Gasteiger partial charge < -0.3 is 24.1 Å². The minimum absolute atomic E-state index is 0.0919. The van der Waals surface area contributed by atoms with Crippen LogP contribution in [0.25, 0.3) is 0 Å². The second kappa shape index (κ2) is 6.66. The van der Waals surface area contributed by atoms with E-state index in [9.17, 15) is 14.4 Å². The first kappa shape index (κ1) is 14.9. The fourth-order valence-corrected chi connectivity index (χ4v) is 1.13. The first-order valence-electron chi connectivity index (χ1n) is 5.21. The molecule has 0 spiro atoms. The maximum Gasteiger partial charge on any atom is 0.377 e. The molecule has 1 atom stereocenters. The van der Waals surface area contributed by atoms with Crippen molar-refractivity contribution in [1.29, 1.82) is 0 Å². The fraction of sp³-hybridized carbons (Fsp3) is 0.364. The van der Waals surface area contributed by atoms with Crippen molar-refractivity contribution in [1.82, 2.24) is 0 Å². The van der Waals surface area contributed by atoms with Gasteiger partial charge in [-0.3, -0.25) is 4.79 Å². The fourth-order valence-electron chi connectivity index (χ4n) is 1.13. The summed E-state index contributed by atoms with van der Waals surface area (Å²) in [5.41, 5.74) is 0. The highest BCUT2D eigenvalue weighted by atomic mass is 16.6. The SMILES string of the molecule is C[C@@H](OCO)C(=O)C(=O)OCc1ccc(C(=O)O)o1. The van der Waals surface area contributed by atoms with Crippen LogP contribution in [0.5, 0.6) is 0 Å². The van der Waals surface area contributed by atoms with Crippen molar-refractivity contribution in [2.75, 3.05) is 6.79 Å². The number of carboxylic acid groups (broad SMARTS) is 1. The number of hydrogen-bond acceptors (Lipinski definition) is 7. The molecule has 0 radical (unpaired) electrons. The smallest absolute Gasteiger partial charge is 0.377 e. The zero-order valence-corrected chi connectivity index (χ0v) is 9.99. The Morgan fingerprint density at radius 1 is 1.37 bits per heavy atom. The molecule has 1 aromatic rings. The third kappa shape index (κ3) is 4.19. The predicted molar refractivity (Wildman–Crippen MR) is 58.1 cm³/mol. The Labute approximate surface area is 107 Å². The van der Waals surface area contributed by atoms with Gasteiger partial charge in [0.2, 0.25) is 5.76 Å². The molecule has 104 valence electrons. The molecule has 1 rings (SSSR count). The number of carboxylic acids is 1. The lowest BCUT2D eigenvalue weighted by Crippen LogP contribution is -2.30. The molecular weight excluding hydrogens is 260 g/mol. The number of carbonyl (C=O) groups is 3. The Bertz CT molecular complexity index is 475. The molecule has 0 amide bonds. The van der Waals surface area contributed by atoms with Gasteiger partial charge in [-0.25, -0.2) is 9.59 Å². The van der Waals surface area contributed by atoms with Crippen molar-refractivity contribution in [2.45, 2.75) is 19.6 Å². The molecule has 8 heteroatoms. The van der Waals surface area contributed by atoms with Crippen LogP contribution in [0.3, 0.4) is 0 Å². The Kier molecular flexibility index (Phi) is 5.22. The average Bonchev–Trinajstić information content (AvgIpc) is 2.84. The monoisotopic (exact) mass is 272 g/mol. The van der Waals surface area contributed by atoms with Gasteiger partial charge in [0.1, 0.15) is 25.3 Å². The molecule has 2 N–H and O–H groups in total. The van der Waals surface area contributed by atoms with Crippen LogP contribution in [-0.4, -0.2) is 40.8 Å². The molecule has 0 bridgehead atoms. The summed E-state index contributed by atoms with van der Waals surface area (Å²) < 4.78 is 14.0. The van der Waals surface area contributed by atoms with Crippen LogP contribution in [0.1, 0.15) is 23.2 Å². The number of hydrogen-bond donors (Lipinski definition) is 2. The minimum Gasteiger partial charge on any atom is -0.475 e. The molecule has 8 nitrogen and oxygen atoms in total. The highest BCUT2D eigenvalue weighted by molar-refractivity contribution is 6.35. The first-order valence-corrected chi connectivity index (χ1v) is 5.21. The van der Waals surface area contributed by atoms with E-state index in [1.54, 1.807) is 0 Å². The Morgan fingerprint density at radius 2 is 2.05 bits per heavy atom. The normalized spacial score (nSPS) is 11.9. The summed E-state index contributed by atoms with van der Waals surface area (Å²) in [5.74, 6) is -3.57. The lowest BCUT2D eigenvalue weighted by molar-refractivity contribution is -0.162. The van der Waals surface area contributed by atoms with Crippen molar-refractivity contribution >= 4 is 17.7 Å². The second-order valence-corrected chi connectivity index (χ2v) is 3.45. The molecule has 1 heterocycles. The van der Waals surface area contributed by atoms with Crippen LogP contribution in [0, 0.1) is 0 Å². The third-order valence-electron chi connectivity index (χ3n) is 2.11. The zero-order valence-electron chi connectivity index (χ0n) is 9.99. The molecule has 0 aliphatic carbocycles. The number of esters is 1. The van der Waals surface area contributed by atoms with Crippen LogP contribution in [0.2, 0.25) is 0 Å². The summed E-state index contributed by atoms with van der Waals surface area (Å²) in [6, 6.07) is 2.51. The average molecular weight is 272 g/mol. The number of ketones is 1. The predicted octanol–water partition coefficient (Wildman–Crippen LogP) is -0.0550. The topological polar surface area (TPSA) is 123 Å². The van der Waals surface area contributed by atoms with E-state index in [2.05, 4.69) is 9.47 Å². The van der Waals surface area contributed by atoms with Gasteiger partial charge in [-0.1, -0.05) is 0 Å². The van der Waals surface area contributed by atoms with E-state index >= 15 is 0 Å². The van der Waals surface area contributed by atoms with Gasteiger partial charge >= 0.3 is 11.9 Å². The van der Waals surface area contributed by atoms with Gasteiger partial charge in [0.25, 0.3) is 5.78 Å². The highest BCUT2D eigenvalue weighted by Crippen LogP contribution is 2.09. The number of aliphatic hydroxyl groups excluding tert-OH is 1. The molecular formula is C11H12O8. The minimum atomic E-state index is -1.25. The molecule has 1 aromatic heterocycles. The molecule has 0 aromatic carbocycles. The molecule has 0 aliphatic heterocycles. The van der Waals surface area contributed by atoms with Gasteiger partial charge in [-0.15, -0.1) is 0 Å². The molecule has 0 saturated heterocycles. The second-order valence-electron chi connectivity index (χ2n) is 3.45. The quantitative estimate of drug-likeness (QED) is 0.402. The molecule has 0 aliphatic rings. The van der Waals surface area contributed by atoms with Gasteiger partial charge in [0.05, 0.1) is 0 Å². The van der Waals surface area contributed by atoms with E-state index in [-0.39, 0.29) is 18.1 Å². The van der Waals surface area contributed by atoms with Crippen LogP contribution in [-0.2, 0) is 25.7 Å². The van der Waals surface area contributed by atoms with E-state index < -0.39 is 30.6 Å². The maximum absolute atomic E-state index is 11.3. The molecule has 19 heavy (non-hydrogen) atoms. The van der Waals surface area contributed by atoms with E-state index in [0.29, 0.717) is 0 Å². The first-order chi connectivity index (χ1) is 8.95. The number of aliphatic hydroxyl groups is 1. The molecule has 0 unspecified atom stereocenters. The Hall–Kier alpha value is -2.19. The summed E-state index contributed by atoms with van der Waals surface area (Å²) in [6.07, 6.45) is -1.12. The van der Waals surface area contributed by atoms with Gasteiger partial charge in [-0.2, -0.15) is 0 Å². The summed E-state index contributed by atoms with van der Waals surface area (Å²) in [4.78, 5) is 33.1. The van der Waals surface area contributed by atoms with Crippen LogP contribution < -0.4 is 0 Å². The number of ether oxygens (including phenoxy) is 2. The van der Waals surface area contributed by atoms with Gasteiger partial charge in [-0.05, 0) is 19.1 Å². The van der Waals surface area contributed by atoms with Crippen molar-refractivity contribution in [3.63, 3.8) is 0 Å². The summed E-state index contributed by atoms with van der Waals surface area (Å²) in [7, 11) is 0. The Morgan fingerprint density at radius 3 is 2.58 bits per heavy atom. The largest absolute Gasteiger partial charge is 0.475 e. The molecule has 0 fully saturated rings. The summed E-state index contributed by atoms with van der Waals surface area (Å²) >= 11 is 0. The van der Waals surface area contributed by atoms with Crippen LogP contribution in [0.4, 0.5) is 0 Å². The standard InChI is InChI=1S/C11H12O8/c1-6(18-5-12)9(13)11(16)17-4-7-2-3-8(19-7)10(14)15/h2-3,6,12H,4-5H2,1H3,(H,14,15)/t6-/m1/s1. The van der Waals surface area contributed by atoms with E-state index in [0.717, 1.165) is 0 Å². The van der Waals surface area contributed by atoms with Crippen LogP contribution in [0.15, 0.2) is 16.5 Å². The van der Waals surface area contributed by atoms with Crippen LogP contribution >= 0.6 is 0 Å². The van der Waals surface area contributed by atoms with E-state index in [1.807, 2.05) is 0 Å². The highest BCUT2D eigenvalue weighted by Gasteiger charge is 2.23. The third-order valence-corrected chi connectivity index (χ3v) is 2.11. The van der Waals surface area contributed by atoms with Crippen molar-refractivity contribution < 1.29 is 38.5 Å². The van der Waals surface area contributed by atoms with Crippen molar-refractivity contribution in [2.24, 2.45) is 0 Å².